The summed E-state index contributed by atoms with van der Waals surface area (Å²) >= 11 is 0. The van der Waals surface area contributed by atoms with Crippen molar-refractivity contribution < 1.29 is 23.8 Å². The molecule has 1 aromatic carbocycles. The summed E-state index contributed by atoms with van der Waals surface area (Å²) in [7, 11) is 0. The second kappa shape index (κ2) is 10.4. The summed E-state index contributed by atoms with van der Waals surface area (Å²) < 4.78 is 26.5. The van der Waals surface area contributed by atoms with E-state index in [9.17, 15) is 14.0 Å². The van der Waals surface area contributed by atoms with Crippen LogP contribution in [0.15, 0.2) is 23.1 Å². The molecule has 9 heteroatoms. The standard InChI is InChI=1S/C19H22FN3O5/c1-3-23-12-14(19(25)26)18(24)13-10-15(20)16(11-17(13)23)22-5-7-28-9-8-27-6-4-21-2/h10-12,22H,3-9H2,1H3,(H,25,26). The van der Waals surface area contributed by atoms with Gasteiger partial charge in [0.15, 0.2) is 0 Å². The molecule has 0 fully saturated rings. The number of anilines is 1. The van der Waals surface area contributed by atoms with Crippen molar-refractivity contribution in [2.75, 3.05) is 44.8 Å². The van der Waals surface area contributed by atoms with Crippen LogP contribution < -0.4 is 10.7 Å². The van der Waals surface area contributed by atoms with E-state index in [-0.39, 0.29) is 16.6 Å². The Balaban J connectivity index is 2.03. The van der Waals surface area contributed by atoms with Crippen molar-refractivity contribution in [1.29, 1.82) is 0 Å². The van der Waals surface area contributed by atoms with Crippen LogP contribution in [0.4, 0.5) is 10.1 Å². The molecule has 0 bridgehead atoms. The van der Waals surface area contributed by atoms with Crippen molar-refractivity contribution >= 4 is 22.6 Å². The Morgan fingerprint density at radius 3 is 2.64 bits per heavy atom. The van der Waals surface area contributed by atoms with Crippen LogP contribution in [-0.4, -0.2) is 55.2 Å². The van der Waals surface area contributed by atoms with E-state index in [2.05, 4.69) is 10.2 Å². The molecule has 0 amide bonds. The van der Waals surface area contributed by atoms with Crippen molar-refractivity contribution in [2.24, 2.45) is 0 Å². The molecule has 8 nitrogen and oxygen atoms in total. The first kappa shape index (κ1) is 21.3. The average molecular weight is 391 g/mol. The number of fused-ring (bicyclic) bond motifs is 1. The van der Waals surface area contributed by atoms with Gasteiger partial charge >= 0.3 is 5.97 Å². The van der Waals surface area contributed by atoms with E-state index < -0.39 is 17.2 Å². The third-order valence-electron chi connectivity index (χ3n) is 4.02. The highest BCUT2D eigenvalue weighted by Gasteiger charge is 2.16. The van der Waals surface area contributed by atoms with Crippen LogP contribution in [-0.2, 0) is 16.0 Å². The lowest BCUT2D eigenvalue weighted by Crippen LogP contribution is -2.19. The van der Waals surface area contributed by atoms with Crippen LogP contribution in [0.25, 0.3) is 15.7 Å². The number of aromatic carboxylic acids is 1. The number of aromatic nitrogens is 1. The summed E-state index contributed by atoms with van der Waals surface area (Å²) in [6.07, 6.45) is 1.27. The average Bonchev–Trinajstić information content (AvgIpc) is 2.67. The maximum absolute atomic E-state index is 14.4. The number of ether oxygens (including phenoxy) is 2. The maximum Gasteiger partial charge on any atom is 0.341 e. The summed E-state index contributed by atoms with van der Waals surface area (Å²) in [4.78, 5) is 26.7. The monoisotopic (exact) mass is 391 g/mol. The Morgan fingerprint density at radius 1 is 1.29 bits per heavy atom. The minimum Gasteiger partial charge on any atom is -0.477 e. The second-order valence-electron chi connectivity index (χ2n) is 5.85. The molecule has 1 aromatic heterocycles. The van der Waals surface area contributed by atoms with Gasteiger partial charge in [0.25, 0.3) is 0 Å². The van der Waals surface area contributed by atoms with E-state index in [4.69, 9.17) is 21.2 Å². The molecule has 0 aliphatic rings. The lowest BCUT2D eigenvalue weighted by molar-refractivity contribution is 0.0564. The van der Waals surface area contributed by atoms with Crippen LogP contribution in [0.5, 0.6) is 0 Å². The number of nitrogens with zero attached hydrogens (tertiary/aromatic N) is 2. The largest absolute Gasteiger partial charge is 0.477 e. The number of pyridine rings is 1. The fourth-order valence-electron chi connectivity index (χ4n) is 2.65. The van der Waals surface area contributed by atoms with Gasteiger partial charge in [0.05, 0.1) is 31.0 Å². The van der Waals surface area contributed by atoms with Crippen LogP contribution in [0.1, 0.15) is 17.3 Å². The Morgan fingerprint density at radius 2 is 2.00 bits per heavy atom. The minimum atomic E-state index is -1.34. The highest BCUT2D eigenvalue weighted by molar-refractivity contribution is 5.93. The number of halogens is 1. The Bertz CT molecular complexity index is 936. The number of aryl methyl sites for hydroxylation is 1. The Kier molecular flexibility index (Phi) is 7.92. The lowest BCUT2D eigenvalue weighted by atomic mass is 10.1. The van der Waals surface area contributed by atoms with Crippen molar-refractivity contribution in [3.05, 3.63) is 51.4 Å². The highest BCUT2D eigenvalue weighted by Crippen LogP contribution is 2.22. The molecule has 0 spiro atoms. The summed E-state index contributed by atoms with van der Waals surface area (Å²) in [6, 6.07) is 2.55. The summed E-state index contributed by atoms with van der Waals surface area (Å²) in [5, 5.41) is 12.1. The number of benzene rings is 1. The van der Waals surface area contributed by atoms with Crippen molar-refractivity contribution in [3.8, 4) is 0 Å². The van der Waals surface area contributed by atoms with Gasteiger partial charge in [-0.3, -0.25) is 4.79 Å². The fraction of sp³-hybridized carbons (Fsp3) is 0.421. The number of carboxylic acids is 1. The summed E-state index contributed by atoms with van der Waals surface area (Å²) in [5.41, 5.74) is -0.440. The van der Waals surface area contributed by atoms with Crippen LogP contribution in [0.3, 0.4) is 0 Å². The number of carbonyl (C=O) groups is 1. The van der Waals surface area contributed by atoms with Gasteiger partial charge in [0.1, 0.15) is 18.0 Å². The molecule has 0 aliphatic carbocycles. The first-order valence-corrected chi connectivity index (χ1v) is 8.82. The van der Waals surface area contributed by atoms with E-state index in [0.29, 0.717) is 51.6 Å². The minimum absolute atomic E-state index is 0.0256. The molecular weight excluding hydrogens is 369 g/mol. The molecule has 0 atom stereocenters. The predicted octanol–water partition coefficient (Wildman–Crippen LogP) is 2.22. The third-order valence-corrected chi connectivity index (χ3v) is 4.02. The maximum atomic E-state index is 14.4. The molecule has 1 heterocycles. The fourth-order valence-corrected chi connectivity index (χ4v) is 2.65. The van der Waals surface area contributed by atoms with Crippen molar-refractivity contribution in [1.82, 2.24) is 4.57 Å². The molecule has 0 saturated heterocycles. The predicted molar refractivity (Wildman–Crippen MR) is 102 cm³/mol. The lowest BCUT2D eigenvalue weighted by Gasteiger charge is -2.14. The Labute approximate surface area is 161 Å². The molecule has 2 rings (SSSR count). The molecular formula is C19H22FN3O5. The van der Waals surface area contributed by atoms with Crippen LogP contribution >= 0.6 is 0 Å². The van der Waals surface area contributed by atoms with Gasteiger partial charge in [0, 0.05) is 24.7 Å². The number of rotatable bonds is 11. The van der Waals surface area contributed by atoms with E-state index in [0.717, 1.165) is 6.07 Å². The molecule has 0 unspecified atom stereocenters. The zero-order valence-electron chi connectivity index (χ0n) is 15.5. The number of nitrogens with one attached hydrogen (secondary N) is 1. The van der Waals surface area contributed by atoms with Crippen molar-refractivity contribution in [2.45, 2.75) is 13.5 Å². The van der Waals surface area contributed by atoms with E-state index >= 15 is 0 Å². The zero-order chi connectivity index (χ0) is 20.5. The van der Waals surface area contributed by atoms with Gasteiger partial charge in [0.2, 0.25) is 12.0 Å². The zero-order valence-corrected chi connectivity index (χ0v) is 15.5. The second-order valence-corrected chi connectivity index (χ2v) is 5.85. The number of carboxylic acid groups (broad SMARTS) is 1. The smallest absolute Gasteiger partial charge is 0.341 e. The number of hydrogen-bond donors (Lipinski definition) is 2. The van der Waals surface area contributed by atoms with Gasteiger partial charge in [-0.15, -0.1) is 0 Å². The molecule has 0 aliphatic heterocycles. The molecule has 2 aromatic rings. The quantitative estimate of drug-likeness (QED) is 0.451. The van der Waals surface area contributed by atoms with Gasteiger partial charge in [-0.05, 0) is 19.1 Å². The molecule has 0 saturated carbocycles. The van der Waals surface area contributed by atoms with Crippen LogP contribution in [0, 0.1) is 12.4 Å². The van der Waals surface area contributed by atoms with Crippen LogP contribution in [0.2, 0.25) is 0 Å². The molecule has 150 valence electrons. The van der Waals surface area contributed by atoms with Gasteiger partial charge in [-0.2, -0.15) is 0 Å². The highest BCUT2D eigenvalue weighted by atomic mass is 19.1. The molecule has 0 radical (unpaired) electrons. The summed E-state index contributed by atoms with van der Waals surface area (Å²) in [5.74, 6) is -1.98. The Hall–Kier alpha value is -2.96. The van der Waals surface area contributed by atoms with E-state index in [1.165, 1.54) is 12.3 Å². The SMILES string of the molecule is [C-]#[N+]CCOCCOCCNc1cc2c(cc1F)c(=O)c(C(=O)O)cn2CC. The van der Waals surface area contributed by atoms with E-state index in [1.807, 2.05) is 0 Å². The van der Waals surface area contributed by atoms with E-state index in [1.54, 1.807) is 11.5 Å². The molecule has 2 N–H and O–H groups in total. The first-order chi connectivity index (χ1) is 13.5. The summed E-state index contributed by atoms with van der Waals surface area (Å²) in [6.45, 7) is 11.0. The van der Waals surface area contributed by atoms with Gasteiger partial charge in [-0.1, -0.05) is 0 Å². The van der Waals surface area contributed by atoms with Gasteiger partial charge in [-0.25, -0.2) is 15.8 Å². The number of hydrogen-bond acceptors (Lipinski definition) is 5. The molecule has 28 heavy (non-hydrogen) atoms. The normalized spacial score (nSPS) is 10.8. The topological polar surface area (TPSA) is 94.2 Å². The first-order valence-electron chi connectivity index (χ1n) is 8.82. The van der Waals surface area contributed by atoms with Gasteiger partial charge < -0.3 is 29.3 Å². The third kappa shape index (κ3) is 5.28. The van der Waals surface area contributed by atoms with Crippen molar-refractivity contribution in [3.63, 3.8) is 0 Å².